The van der Waals surface area contributed by atoms with E-state index in [9.17, 15) is 19.8 Å². The molecule has 4 rings (SSSR count). The third kappa shape index (κ3) is 11.5. The molecule has 2 aliphatic rings. The van der Waals surface area contributed by atoms with Gasteiger partial charge in [0.25, 0.3) is 0 Å². The third-order valence-electron chi connectivity index (χ3n) is 7.61. The van der Waals surface area contributed by atoms with Crippen LogP contribution in [-0.4, -0.2) is 90.3 Å². The summed E-state index contributed by atoms with van der Waals surface area (Å²) in [6, 6.07) is 8.57. The number of aryl methyl sites for hydroxylation is 4. The molecule has 2 aliphatic heterocycles. The van der Waals surface area contributed by atoms with Crippen LogP contribution in [0.1, 0.15) is 49.9 Å². The third-order valence-corrected chi connectivity index (χ3v) is 16.1. The Bertz CT molecular complexity index is 1200. The Morgan fingerprint density at radius 1 is 0.604 bits per heavy atom. The van der Waals surface area contributed by atoms with Crippen LogP contribution in [0.15, 0.2) is 24.3 Å². The maximum atomic E-state index is 12.4. The number of ether oxygens (including phenoxy) is 4. The van der Waals surface area contributed by atoms with Gasteiger partial charge >= 0.3 is 11.9 Å². The second kappa shape index (κ2) is 20.8. The first-order valence-corrected chi connectivity index (χ1v) is 22.7. The summed E-state index contributed by atoms with van der Waals surface area (Å²) in [7, 11) is 0. The highest BCUT2D eigenvalue weighted by molar-refractivity contribution is 8.33. The van der Waals surface area contributed by atoms with E-state index in [0.717, 1.165) is 90.9 Å². The number of hydrogen-bond acceptors (Lipinski definition) is 14. The summed E-state index contributed by atoms with van der Waals surface area (Å²) in [6.07, 6.45) is 1.13. The molecular weight excluding hydrogens is 729 g/mol. The van der Waals surface area contributed by atoms with Crippen molar-refractivity contribution in [3.8, 4) is 22.6 Å². The number of carbonyl (C=O) groups is 2. The largest absolute Gasteiger partial charge is 0.490 e. The summed E-state index contributed by atoms with van der Waals surface area (Å²) in [6.45, 7) is 8.20. The molecule has 0 amide bonds. The van der Waals surface area contributed by atoms with Crippen molar-refractivity contribution >= 4 is 82.5 Å². The van der Waals surface area contributed by atoms with Gasteiger partial charge in [0, 0.05) is 20.3 Å². The lowest BCUT2D eigenvalue weighted by molar-refractivity contribution is -0.145. The van der Waals surface area contributed by atoms with E-state index >= 15 is 0 Å². The molecule has 8 nitrogen and oxygen atoms in total. The zero-order chi connectivity index (χ0) is 34.5. The molecular formula is C34H46O8S6. The highest BCUT2D eigenvalue weighted by atomic mass is 32.3. The summed E-state index contributed by atoms with van der Waals surface area (Å²) in [5.41, 5.74) is 6.31. The molecule has 0 aromatic heterocycles. The summed E-state index contributed by atoms with van der Waals surface area (Å²) in [4.78, 5) is 24.7. The van der Waals surface area contributed by atoms with Crippen LogP contribution in [0.5, 0.6) is 11.5 Å². The molecule has 266 valence electrons. The average molecular weight is 775 g/mol. The van der Waals surface area contributed by atoms with E-state index < -0.39 is 12.2 Å². The molecule has 0 saturated carbocycles. The summed E-state index contributed by atoms with van der Waals surface area (Å²) in [5, 5.41) is 24.6. The van der Waals surface area contributed by atoms with Crippen molar-refractivity contribution in [3.63, 3.8) is 0 Å². The molecule has 14 heteroatoms. The first kappa shape index (κ1) is 39.8. The Morgan fingerprint density at radius 2 is 0.917 bits per heavy atom. The van der Waals surface area contributed by atoms with E-state index in [-0.39, 0.29) is 47.5 Å². The number of aliphatic hydroxyl groups is 2. The Balaban J connectivity index is 1.41. The molecule has 2 aromatic rings. The van der Waals surface area contributed by atoms with Crippen LogP contribution >= 0.6 is 70.6 Å². The Morgan fingerprint density at radius 3 is 1.21 bits per heavy atom. The normalized spacial score (nSPS) is 17.0. The Kier molecular flexibility index (Phi) is 17.2. The summed E-state index contributed by atoms with van der Waals surface area (Å²) in [5.74, 6) is 0.947. The summed E-state index contributed by atoms with van der Waals surface area (Å²) >= 11 is 9.82. The number of benzene rings is 2. The van der Waals surface area contributed by atoms with Crippen molar-refractivity contribution in [3.05, 3.63) is 46.5 Å². The number of carbonyl (C=O) groups excluding carboxylic acids is 2. The predicted molar refractivity (Wildman–Crippen MR) is 207 cm³/mol. The zero-order valence-electron chi connectivity index (χ0n) is 27.9. The van der Waals surface area contributed by atoms with Crippen LogP contribution < -0.4 is 9.47 Å². The van der Waals surface area contributed by atoms with Crippen LogP contribution in [0.2, 0.25) is 0 Å². The molecule has 2 atom stereocenters. The fourth-order valence-electron chi connectivity index (χ4n) is 5.09. The van der Waals surface area contributed by atoms with Crippen LogP contribution in [0, 0.1) is 0 Å². The highest BCUT2D eigenvalue weighted by Gasteiger charge is 2.26. The molecule has 2 fully saturated rings. The van der Waals surface area contributed by atoms with Crippen molar-refractivity contribution in [2.45, 2.75) is 74.8 Å². The van der Waals surface area contributed by atoms with Gasteiger partial charge in [-0.05, 0) is 83.3 Å². The van der Waals surface area contributed by atoms with Gasteiger partial charge in [-0.2, -0.15) is 0 Å². The standard InChI is InChI=1S/C34H46O8S6/c1-5-21-9-25(10-22(6-2)29(21)39-13-27(35)15-41-31(37)33-45-17-43-18-46-33)26-11-23(7-3)30(24(8-4)12-26)40-14-28(36)16-42-32(38)34-47-19-44-20-48-34/h9-12,27-28,33-36H,5-8,13-20H2,1-4H3. The Hall–Kier alpha value is -1.000. The summed E-state index contributed by atoms with van der Waals surface area (Å²) < 4.78 is 22.7. The average Bonchev–Trinajstić information content (AvgIpc) is 3.14. The van der Waals surface area contributed by atoms with Crippen molar-refractivity contribution in [2.75, 3.05) is 46.8 Å². The van der Waals surface area contributed by atoms with Gasteiger partial charge in [0.15, 0.2) is 0 Å². The van der Waals surface area contributed by atoms with E-state index in [0.29, 0.717) is 0 Å². The van der Waals surface area contributed by atoms with Gasteiger partial charge in [-0.3, -0.25) is 0 Å². The number of thioether (sulfide) groups is 6. The highest BCUT2D eigenvalue weighted by Crippen LogP contribution is 2.38. The van der Waals surface area contributed by atoms with E-state index in [1.807, 2.05) is 0 Å². The minimum Gasteiger partial charge on any atom is -0.490 e. The van der Waals surface area contributed by atoms with Crippen LogP contribution in [-0.2, 0) is 44.7 Å². The molecule has 0 bridgehead atoms. The van der Waals surface area contributed by atoms with Crippen molar-refractivity contribution in [2.24, 2.45) is 0 Å². The van der Waals surface area contributed by atoms with Gasteiger partial charge in [-0.1, -0.05) is 27.7 Å². The first-order valence-electron chi connectivity index (χ1n) is 16.2. The second-order valence-corrected chi connectivity index (χ2v) is 19.5. The quantitative estimate of drug-likeness (QED) is 0.160. The minimum absolute atomic E-state index is 0.0299. The molecule has 48 heavy (non-hydrogen) atoms. The minimum atomic E-state index is -0.928. The molecule has 2 unspecified atom stereocenters. The van der Waals surface area contributed by atoms with Gasteiger partial charge in [0.2, 0.25) is 0 Å². The van der Waals surface area contributed by atoms with Gasteiger partial charge in [-0.25, -0.2) is 9.59 Å². The van der Waals surface area contributed by atoms with Gasteiger partial charge in [-0.15, -0.1) is 70.6 Å². The van der Waals surface area contributed by atoms with E-state index in [1.54, 1.807) is 70.6 Å². The van der Waals surface area contributed by atoms with Crippen molar-refractivity contribution < 1.29 is 38.7 Å². The van der Waals surface area contributed by atoms with Gasteiger partial charge < -0.3 is 29.2 Å². The topological polar surface area (TPSA) is 112 Å². The van der Waals surface area contributed by atoms with Gasteiger partial charge in [0.1, 0.15) is 59.3 Å². The van der Waals surface area contributed by atoms with E-state index in [2.05, 4.69) is 52.0 Å². The van der Waals surface area contributed by atoms with E-state index in [1.165, 1.54) is 0 Å². The lowest BCUT2D eigenvalue weighted by Crippen LogP contribution is -2.28. The zero-order valence-corrected chi connectivity index (χ0v) is 32.8. The fraction of sp³-hybridized carbons (Fsp3) is 0.588. The number of hydrogen-bond donors (Lipinski definition) is 2. The maximum Gasteiger partial charge on any atom is 0.329 e. The smallest absolute Gasteiger partial charge is 0.329 e. The monoisotopic (exact) mass is 774 g/mol. The molecule has 0 spiro atoms. The maximum absolute atomic E-state index is 12.4. The van der Waals surface area contributed by atoms with E-state index in [4.69, 9.17) is 18.9 Å². The molecule has 2 aromatic carbocycles. The van der Waals surface area contributed by atoms with Gasteiger partial charge in [0.05, 0.1) is 0 Å². The molecule has 2 N–H and O–H groups in total. The number of esters is 2. The second-order valence-electron chi connectivity index (χ2n) is 11.1. The number of aliphatic hydroxyl groups excluding tert-OH is 2. The van der Waals surface area contributed by atoms with Crippen LogP contribution in [0.25, 0.3) is 11.1 Å². The first-order chi connectivity index (χ1) is 23.3. The lowest BCUT2D eigenvalue weighted by Gasteiger charge is -2.22. The molecule has 2 heterocycles. The fourth-order valence-corrected chi connectivity index (χ4v) is 14.0. The van der Waals surface area contributed by atoms with Crippen LogP contribution in [0.3, 0.4) is 0 Å². The Labute approximate surface area is 310 Å². The number of rotatable bonds is 17. The SMILES string of the molecule is CCc1cc(-c2cc(CC)c(OCC(O)COC(=O)C3SCSCS3)c(CC)c2)cc(CC)c1OCC(O)COC(=O)C1SCSCS1. The molecule has 2 saturated heterocycles. The molecule has 0 aliphatic carbocycles. The van der Waals surface area contributed by atoms with Crippen molar-refractivity contribution in [1.82, 2.24) is 0 Å². The van der Waals surface area contributed by atoms with Crippen LogP contribution in [0.4, 0.5) is 0 Å². The van der Waals surface area contributed by atoms with Crippen molar-refractivity contribution in [1.29, 1.82) is 0 Å². The lowest BCUT2D eigenvalue weighted by atomic mass is 9.92. The molecule has 0 radical (unpaired) electrons. The predicted octanol–water partition coefficient (Wildman–Crippen LogP) is 7.08.